The number of hydrogen-bond donors (Lipinski definition) is 2. The number of unbranched alkanes of at least 4 members (excludes halogenated alkanes) is 1. The van der Waals surface area contributed by atoms with E-state index in [4.69, 9.17) is 4.74 Å². The summed E-state index contributed by atoms with van der Waals surface area (Å²) >= 11 is 0. The SMILES string of the molecule is CCCCc1cn(-c2c(C(=O)OC)ccn2C)c(=O)n1CC1(c2cccc(-c3nn[nH]n3)c2)C=CNC=C1. The summed E-state index contributed by atoms with van der Waals surface area (Å²) < 4.78 is 10.1. The first-order valence-corrected chi connectivity index (χ1v) is 12.5. The molecule has 1 aliphatic heterocycles. The molecule has 0 spiro atoms. The van der Waals surface area contributed by atoms with Crippen LogP contribution in [-0.2, 0) is 30.2 Å². The summed E-state index contributed by atoms with van der Waals surface area (Å²) in [6.07, 6.45) is 14.1. The first-order valence-electron chi connectivity index (χ1n) is 12.5. The normalized spacial score (nSPS) is 14.0. The molecule has 0 fully saturated rings. The first-order chi connectivity index (χ1) is 18.5. The fraction of sp³-hybridized carbons (Fsp3) is 0.296. The Morgan fingerprint density at radius 1 is 1.18 bits per heavy atom. The smallest absolute Gasteiger partial charge is 0.341 e. The summed E-state index contributed by atoms with van der Waals surface area (Å²) in [4.78, 5) is 26.5. The summed E-state index contributed by atoms with van der Waals surface area (Å²) in [7, 11) is 3.14. The molecule has 196 valence electrons. The minimum absolute atomic E-state index is 0.225. The Morgan fingerprint density at radius 3 is 2.71 bits per heavy atom. The molecule has 0 atom stereocenters. The molecule has 0 saturated heterocycles. The molecule has 38 heavy (non-hydrogen) atoms. The number of H-pyrrole nitrogens is 1. The van der Waals surface area contributed by atoms with Crippen molar-refractivity contribution in [3.8, 4) is 17.2 Å². The second-order valence-electron chi connectivity index (χ2n) is 9.31. The van der Waals surface area contributed by atoms with Crippen molar-refractivity contribution < 1.29 is 9.53 Å². The quantitative estimate of drug-likeness (QED) is 0.329. The minimum atomic E-state index is -0.624. The molecular formula is C27H30N8O3. The Hall–Kier alpha value is -4.67. The van der Waals surface area contributed by atoms with E-state index in [-0.39, 0.29) is 5.69 Å². The van der Waals surface area contributed by atoms with Gasteiger partial charge in [0.2, 0.25) is 5.82 Å². The number of nitrogens with zero attached hydrogens (tertiary/aromatic N) is 6. The van der Waals surface area contributed by atoms with Gasteiger partial charge in [-0.25, -0.2) is 9.59 Å². The molecule has 1 aromatic carbocycles. The molecule has 5 rings (SSSR count). The Balaban J connectivity index is 1.64. The van der Waals surface area contributed by atoms with Crippen molar-refractivity contribution >= 4 is 5.97 Å². The molecule has 1 aliphatic rings. The van der Waals surface area contributed by atoms with E-state index in [2.05, 4.69) is 45.0 Å². The molecule has 11 heteroatoms. The maximum atomic E-state index is 14.0. The van der Waals surface area contributed by atoms with Crippen LogP contribution in [0.5, 0.6) is 0 Å². The van der Waals surface area contributed by atoms with E-state index in [1.165, 1.54) is 7.11 Å². The predicted molar refractivity (Wildman–Crippen MR) is 142 cm³/mol. The van der Waals surface area contributed by atoms with Gasteiger partial charge in [0.15, 0.2) is 0 Å². The van der Waals surface area contributed by atoms with Crippen LogP contribution >= 0.6 is 0 Å². The van der Waals surface area contributed by atoms with Gasteiger partial charge in [-0.1, -0.05) is 43.7 Å². The van der Waals surface area contributed by atoms with E-state index in [0.29, 0.717) is 23.8 Å². The molecule has 11 nitrogen and oxygen atoms in total. The van der Waals surface area contributed by atoms with Gasteiger partial charge in [-0.15, -0.1) is 10.2 Å². The van der Waals surface area contributed by atoms with E-state index in [1.807, 2.05) is 47.4 Å². The summed E-state index contributed by atoms with van der Waals surface area (Å²) in [6, 6.07) is 9.59. The number of aryl methyl sites for hydroxylation is 2. The Labute approximate surface area is 219 Å². The average molecular weight is 515 g/mol. The van der Waals surface area contributed by atoms with Crippen LogP contribution in [0.25, 0.3) is 17.2 Å². The van der Waals surface area contributed by atoms with Crippen LogP contribution < -0.4 is 11.0 Å². The van der Waals surface area contributed by atoms with Gasteiger partial charge in [0.1, 0.15) is 11.4 Å². The van der Waals surface area contributed by atoms with Crippen LogP contribution in [0.15, 0.2) is 72.1 Å². The van der Waals surface area contributed by atoms with Gasteiger partial charge in [0.25, 0.3) is 0 Å². The van der Waals surface area contributed by atoms with E-state index < -0.39 is 11.4 Å². The van der Waals surface area contributed by atoms with Crippen LogP contribution in [0.3, 0.4) is 0 Å². The molecule has 4 heterocycles. The lowest BCUT2D eigenvalue weighted by molar-refractivity contribution is 0.0600. The lowest BCUT2D eigenvalue weighted by Gasteiger charge is -2.31. The van der Waals surface area contributed by atoms with Crippen molar-refractivity contribution in [3.05, 3.63) is 94.6 Å². The molecule has 0 bridgehead atoms. The highest BCUT2D eigenvalue weighted by atomic mass is 16.5. The third kappa shape index (κ3) is 4.47. The highest BCUT2D eigenvalue weighted by Crippen LogP contribution is 2.33. The van der Waals surface area contributed by atoms with E-state index in [0.717, 1.165) is 36.1 Å². The standard InChI is InChI=1S/C27H30N8O3/c1-4-5-9-21-17-34(24-22(25(36)38-3)10-15-33(24)2)26(37)35(21)18-27(11-13-28-14-12-27)20-8-6-7-19(16-20)23-29-31-32-30-23/h6-8,10-17,28H,4-5,9,18H2,1-3H3,(H,29,30,31,32). The number of rotatable bonds is 9. The molecule has 0 amide bonds. The van der Waals surface area contributed by atoms with Crippen molar-refractivity contribution in [2.75, 3.05) is 7.11 Å². The number of ether oxygens (including phenoxy) is 1. The van der Waals surface area contributed by atoms with E-state index >= 15 is 0 Å². The summed E-state index contributed by atoms with van der Waals surface area (Å²) in [5.41, 5.74) is 2.17. The van der Waals surface area contributed by atoms with Crippen LogP contribution in [-0.4, -0.2) is 47.4 Å². The van der Waals surface area contributed by atoms with Crippen LogP contribution in [0.2, 0.25) is 0 Å². The molecular weight excluding hydrogens is 484 g/mol. The summed E-state index contributed by atoms with van der Waals surface area (Å²) in [5, 5.41) is 17.5. The third-order valence-corrected chi connectivity index (χ3v) is 6.90. The van der Waals surface area contributed by atoms with Crippen molar-refractivity contribution in [2.24, 2.45) is 7.05 Å². The van der Waals surface area contributed by atoms with Gasteiger partial charge in [0, 0.05) is 37.2 Å². The van der Waals surface area contributed by atoms with Gasteiger partial charge >= 0.3 is 11.7 Å². The number of dihydropyridines is 1. The van der Waals surface area contributed by atoms with Crippen LogP contribution in [0.4, 0.5) is 0 Å². The largest absolute Gasteiger partial charge is 0.465 e. The van der Waals surface area contributed by atoms with Crippen molar-refractivity contribution in [1.29, 1.82) is 0 Å². The van der Waals surface area contributed by atoms with Crippen molar-refractivity contribution in [3.63, 3.8) is 0 Å². The molecule has 0 saturated carbocycles. The number of carbonyl (C=O) groups is 1. The van der Waals surface area contributed by atoms with Gasteiger partial charge in [0.05, 0.1) is 12.5 Å². The number of imidazole rings is 1. The predicted octanol–water partition coefficient (Wildman–Crippen LogP) is 2.86. The second-order valence-corrected chi connectivity index (χ2v) is 9.31. The number of aromatic nitrogens is 7. The molecule has 0 aliphatic carbocycles. The molecule has 2 N–H and O–H groups in total. The third-order valence-electron chi connectivity index (χ3n) is 6.90. The number of hydrogen-bond acceptors (Lipinski definition) is 7. The number of aromatic amines is 1. The lowest BCUT2D eigenvalue weighted by atomic mass is 9.78. The maximum Gasteiger partial charge on any atom is 0.341 e. The zero-order valence-corrected chi connectivity index (χ0v) is 21.6. The number of nitrogens with one attached hydrogen (secondary N) is 2. The number of carbonyl (C=O) groups excluding carboxylic acids is 1. The fourth-order valence-corrected chi connectivity index (χ4v) is 4.88. The van der Waals surface area contributed by atoms with Crippen LogP contribution in [0.1, 0.15) is 41.4 Å². The van der Waals surface area contributed by atoms with E-state index in [9.17, 15) is 9.59 Å². The van der Waals surface area contributed by atoms with Gasteiger partial charge in [-0.05, 0) is 48.2 Å². The highest BCUT2D eigenvalue weighted by Gasteiger charge is 2.32. The number of methoxy groups -OCH3 is 1. The lowest BCUT2D eigenvalue weighted by Crippen LogP contribution is -2.36. The number of esters is 1. The van der Waals surface area contributed by atoms with Crippen LogP contribution in [0, 0.1) is 0 Å². The van der Waals surface area contributed by atoms with E-state index in [1.54, 1.807) is 28.4 Å². The molecule has 0 unspecified atom stereocenters. The number of allylic oxidation sites excluding steroid dienone is 2. The highest BCUT2D eigenvalue weighted by molar-refractivity contribution is 5.93. The minimum Gasteiger partial charge on any atom is -0.465 e. The first kappa shape index (κ1) is 25.0. The van der Waals surface area contributed by atoms with Gasteiger partial charge in [-0.3, -0.25) is 9.13 Å². The molecule has 0 radical (unpaired) electrons. The average Bonchev–Trinajstić information content (AvgIpc) is 3.68. The number of benzene rings is 1. The summed E-state index contributed by atoms with van der Waals surface area (Å²) in [6.45, 7) is 2.48. The Kier molecular flexibility index (Phi) is 6.82. The molecule has 4 aromatic rings. The monoisotopic (exact) mass is 514 g/mol. The Bertz CT molecular complexity index is 1540. The number of tetrazole rings is 1. The maximum absolute atomic E-state index is 14.0. The zero-order chi connectivity index (χ0) is 26.7. The van der Waals surface area contributed by atoms with Crippen molar-refractivity contribution in [2.45, 2.75) is 38.1 Å². The Morgan fingerprint density at radius 2 is 2.00 bits per heavy atom. The van der Waals surface area contributed by atoms with Crippen molar-refractivity contribution in [1.82, 2.24) is 39.6 Å². The molecule has 3 aromatic heterocycles. The zero-order valence-electron chi connectivity index (χ0n) is 21.6. The van der Waals surface area contributed by atoms with Gasteiger partial charge in [-0.2, -0.15) is 5.21 Å². The fourth-order valence-electron chi connectivity index (χ4n) is 4.88. The summed E-state index contributed by atoms with van der Waals surface area (Å²) in [5.74, 6) is 0.479. The van der Waals surface area contributed by atoms with Gasteiger partial charge < -0.3 is 14.6 Å². The second kappa shape index (κ2) is 10.4. The topological polar surface area (TPSA) is 125 Å².